The van der Waals surface area contributed by atoms with Crippen molar-refractivity contribution in [3.05, 3.63) is 52.2 Å². The molecule has 6 heteroatoms. The maximum Gasteiger partial charge on any atom is 0.227 e. The number of rotatable bonds is 6. The number of carbonyl (C=O) groups is 2. The van der Waals surface area contributed by atoms with Crippen LogP contribution in [0.3, 0.4) is 0 Å². The fourth-order valence-corrected chi connectivity index (χ4v) is 3.84. The van der Waals surface area contributed by atoms with Crippen LogP contribution in [-0.2, 0) is 22.4 Å². The van der Waals surface area contributed by atoms with Crippen LogP contribution >= 0.6 is 11.3 Å². The highest BCUT2D eigenvalue weighted by Gasteiger charge is 2.21. The smallest absolute Gasteiger partial charge is 0.227 e. The Kier molecular flexibility index (Phi) is 6.41. The minimum Gasteiger partial charge on any atom is -0.340 e. The second kappa shape index (κ2) is 8.96. The van der Waals surface area contributed by atoms with Gasteiger partial charge in [0, 0.05) is 50.2 Å². The predicted octanol–water partition coefficient (Wildman–Crippen LogP) is 2.64. The van der Waals surface area contributed by atoms with Crippen LogP contribution in [0.15, 0.2) is 41.8 Å². The predicted molar refractivity (Wildman–Crippen MR) is 105 cm³/mol. The first-order chi connectivity index (χ1) is 12.6. The van der Waals surface area contributed by atoms with Gasteiger partial charge in [-0.2, -0.15) is 0 Å². The second-order valence-corrected chi connectivity index (χ2v) is 7.64. The van der Waals surface area contributed by atoms with E-state index in [0.29, 0.717) is 6.42 Å². The van der Waals surface area contributed by atoms with Crippen molar-refractivity contribution < 1.29 is 9.59 Å². The van der Waals surface area contributed by atoms with Crippen molar-refractivity contribution in [2.75, 3.05) is 38.0 Å². The molecule has 1 aromatic heterocycles. The normalized spacial score (nSPS) is 15.0. The molecule has 0 radical (unpaired) electrons. The Labute approximate surface area is 158 Å². The summed E-state index contributed by atoms with van der Waals surface area (Å²) in [5.41, 5.74) is 2.09. The van der Waals surface area contributed by atoms with E-state index >= 15 is 0 Å². The Morgan fingerprint density at radius 2 is 1.81 bits per heavy atom. The molecule has 138 valence electrons. The number of nitrogens with one attached hydrogen (secondary N) is 1. The van der Waals surface area contributed by atoms with Crippen molar-refractivity contribution in [3.8, 4) is 0 Å². The van der Waals surface area contributed by atoms with Crippen LogP contribution in [0.2, 0.25) is 0 Å². The summed E-state index contributed by atoms with van der Waals surface area (Å²) in [6.45, 7) is 5.99. The van der Waals surface area contributed by atoms with Gasteiger partial charge < -0.3 is 10.2 Å². The molecule has 26 heavy (non-hydrogen) atoms. The van der Waals surface area contributed by atoms with Gasteiger partial charge in [-0.25, -0.2) is 0 Å². The van der Waals surface area contributed by atoms with E-state index in [9.17, 15) is 9.59 Å². The molecule has 1 aromatic carbocycles. The Morgan fingerprint density at radius 3 is 2.42 bits per heavy atom. The molecule has 1 N–H and O–H groups in total. The SMILES string of the molecule is CC(=O)Nc1ccc(CCN2CCN(C(=O)Cc3cccs3)CC2)cc1. The summed E-state index contributed by atoms with van der Waals surface area (Å²) < 4.78 is 0. The number of nitrogens with zero attached hydrogens (tertiary/aromatic N) is 2. The van der Waals surface area contributed by atoms with Crippen LogP contribution in [0, 0.1) is 0 Å². The van der Waals surface area contributed by atoms with Gasteiger partial charge in [0.2, 0.25) is 11.8 Å². The van der Waals surface area contributed by atoms with E-state index in [0.717, 1.165) is 49.7 Å². The summed E-state index contributed by atoms with van der Waals surface area (Å²) in [5.74, 6) is 0.185. The second-order valence-electron chi connectivity index (χ2n) is 6.61. The van der Waals surface area contributed by atoms with Crippen LogP contribution in [-0.4, -0.2) is 54.3 Å². The lowest BCUT2D eigenvalue weighted by Gasteiger charge is -2.34. The number of anilines is 1. The molecule has 0 atom stereocenters. The Balaban J connectivity index is 1.40. The lowest BCUT2D eigenvalue weighted by Crippen LogP contribution is -2.49. The van der Waals surface area contributed by atoms with Gasteiger partial charge in [0.15, 0.2) is 0 Å². The number of benzene rings is 1. The Morgan fingerprint density at radius 1 is 1.08 bits per heavy atom. The average Bonchev–Trinajstić information content (AvgIpc) is 3.14. The van der Waals surface area contributed by atoms with Crippen molar-refractivity contribution in [1.82, 2.24) is 9.80 Å². The van der Waals surface area contributed by atoms with Crippen LogP contribution in [0.1, 0.15) is 17.4 Å². The van der Waals surface area contributed by atoms with Crippen LogP contribution in [0.5, 0.6) is 0 Å². The van der Waals surface area contributed by atoms with Gasteiger partial charge in [-0.15, -0.1) is 11.3 Å². The lowest BCUT2D eigenvalue weighted by molar-refractivity contribution is -0.132. The fourth-order valence-electron chi connectivity index (χ4n) is 3.14. The molecule has 1 saturated heterocycles. The van der Waals surface area contributed by atoms with Crippen molar-refractivity contribution in [2.24, 2.45) is 0 Å². The molecule has 1 aliphatic heterocycles. The molecule has 0 saturated carbocycles. The molecule has 3 rings (SSSR count). The molecular weight excluding hydrogens is 346 g/mol. The number of hydrogen-bond donors (Lipinski definition) is 1. The summed E-state index contributed by atoms with van der Waals surface area (Å²) in [5, 5.41) is 4.80. The van der Waals surface area contributed by atoms with Gasteiger partial charge in [0.25, 0.3) is 0 Å². The molecule has 0 unspecified atom stereocenters. The molecule has 2 heterocycles. The van der Waals surface area contributed by atoms with E-state index in [-0.39, 0.29) is 11.8 Å². The van der Waals surface area contributed by atoms with Crippen molar-refractivity contribution in [1.29, 1.82) is 0 Å². The number of amides is 2. The van der Waals surface area contributed by atoms with E-state index in [4.69, 9.17) is 0 Å². The Bertz CT molecular complexity index is 720. The quantitative estimate of drug-likeness (QED) is 0.849. The van der Waals surface area contributed by atoms with Crippen molar-refractivity contribution >= 4 is 28.8 Å². The highest BCUT2D eigenvalue weighted by atomic mass is 32.1. The maximum atomic E-state index is 12.3. The monoisotopic (exact) mass is 371 g/mol. The minimum absolute atomic E-state index is 0.0516. The van der Waals surface area contributed by atoms with Gasteiger partial charge in [-0.05, 0) is 35.6 Å². The van der Waals surface area contributed by atoms with Crippen LogP contribution in [0.25, 0.3) is 0 Å². The third kappa shape index (κ3) is 5.41. The van der Waals surface area contributed by atoms with Crippen molar-refractivity contribution in [2.45, 2.75) is 19.8 Å². The molecule has 0 bridgehead atoms. The third-order valence-corrected chi connectivity index (χ3v) is 5.50. The summed E-state index contributed by atoms with van der Waals surface area (Å²) in [7, 11) is 0. The molecule has 1 aliphatic rings. The summed E-state index contributed by atoms with van der Waals surface area (Å²) in [6.07, 6.45) is 1.50. The van der Waals surface area contributed by atoms with E-state index < -0.39 is 0 Å². The first-order valence-corrected chi connectivity index (χ1v) is 9.87. The first-order valence-electron chi connectivity index (χ1n) is 8.99. The zero-order valence-electron chi connectivity index (χ0n) is 15.1. The lowest BCUT2D eigenvalue weighted by atomic mass is 10.1. The fraction of sp³-hybridized carbons (Fsp3) is 0.400. The largest absolute Gasteiger partial charge is 0.340 e. The Hall–Kier alpha value is -2.18. The molecule has 2 aromatic rings. The van der Waals surface area contributed by atoms with E-state index in [1.165, 1.54) is 12.5 Å². The summed E-state index contributed by atoms with van der Waals surface area (Å²) in [4.78, 5) is 28.9. The molecule has 5 nitrogen and oxygen atoms in total. The maximum absolute atomic E-state index is 12.3. The van der Waals surface area contributed by atoms with Gasteiger partial charge in [0.1, 0.15) is 0 Å². The summed E-state index contributed by atoms with van der Waals surface area (Å²) >= 11 is 1.64. The van der Waals surface area contributed by atoms with Crippen LogP contribution < -0.4 is 5.32 Å². The van der Waals surface area contributed by atoms with Gasteiger partial charge in [-0.1, -0.05) is 18.2 Å². The minimum atomic E-state index is -0.0516. The zero-order chi connectivity index (χ0) is 18.4. The van der Waals surface area contributed by atoms with E-state index in [1.807, 2.05) is 34.5 Å². The average molecular weight is 372 g/mol. The standard InChI is InChI=1S/C20H25N3O2S/c1-16(24)21-18-6-4-17(5-7-18)8-9-22-10-12-23(13-11-22)20(25)15-19-3-2-14-26-19/h2-7,14H,8-13,15H2,1H3,(H,21,24). The molecule has 1 fully saturated rings. The molecule has 0 aliphatic carbocycles. The van der Waals surface area contributed by atoms with Gasteiger partial charge in [-0.3, -0.25) is 14.5 Å². The number of thiophene rings is 1. The van der Waals surface area contributed by atoms with Gasteiger partial charge >= 0.3 is 0 Å². The molecule has 2 amide bonds. The number of piperazine rings is 1. The summed E-state index contributed by atoms with van der Waals surface area (Å²) in [6, 6.07) is 12.0. The number of carbonyl (C=O) groups excluding carboxylic acids is 2. The highest BCUT2D eigenvalue weighted by molar-refractivity contribution is 7.10. The van der Waals surface area contributed by atoms with Crippen molar-refractivity contribution in [3.63, 3.8) is 0 Å². The third-order valence-electron chi connectivity index (χ3n) is 4.62. The van der Waals surface area contributed by atoms with E-state index in [2.05, 4.69) is 22.3 Å². The molecule has 0 spiro atoms. The number of hydrogen-bond acceptors (Lipinski definition) is 4. The topological polar surface area (TPSA) is 52.7 Å². The van der Waals surface area contributed by atoms with Gasteiger partial charge in [0.05, 0.1) is 6.42 Å². The highest BCUT2D eigenvalue weighted by Crippen LogP contribution is 2.13. The first kappa shape index (κ1) is 18.6. The molecular formula is C20H25N3O2S. The van der Waals surface area contributed by atoms with E-state index in [1.54, 1.807) is 11.3 Å². The zero-order valence-corrected chi connectivity index (χ0v) is 15.9. The van der Waals surface area contributed by atoms with Crippen LogP contribution in [0.4, 0.5) is 5.69 Å².